The Hall–Kier alpha value is -1.94. The van der Waals surface area contributed by atoms with Crippen LogP contribution in [0.25, 0.3) is 0 Å². The number of rotatable bonds is 26. The summed E-state index contributed by atoms with van der Waals surface area (Å²) in [6.45, 7) is 4.43. The van der Waals surface area contributed by atoms with Gasteiger partial charge in [0.1, 0.15) is 21.3 Å². The maximum Gasteiger partial charge on any atom is 0.294 e. The molecular formula is C36H58O7S2. The number of benzene rings is 2. The van der Waals surface area contributed by atoms with E-state index in [1.807, 2.05) is 0 Å². The van der Waals surface area contributed by atoms with Gasteiger partial charge in [-0.25, -0.2) is 0 Å². The average Bonchev–Trinajstić information content (AvgIpc) is 2.99. The van der Waals surface area contributed by atoms with Crippen LogP contribution in [0.2, 0.25) is 0 Å². The second-order valence-corrected chi connectivity index (χ2v) is 15.2. The molecule has 0 radical (unpaired) electrons. The molecule has 0 aliphatic heterocycles. The molecule has 0 amide bonds. The fraction of sp³-hybridized carbons (Fsp3) is 0.667. The third-order valence-corrected chi connectivity index (χ3v) is 10.4. The lowest BCUT2D eigenvalue weighted by molar-refractivity contribution is 0.451. The van der Waals surface area contributed by atoms with E-state index in [1.54, 1.807) is 12.1 Å². The van der Waals surface area contributed by atoms with Crippen molar-refractivity contribution in [2.24, 2.45) is 0 Å². The summed E-state index contributed by atoms with van der Waals surface area (Å²) in [5.41, 5.74) is 0.753. The Morgan fingerprint density at radius 2 is 0.756 bits per heavy atom. The van der Waals surface area contributed by atoms with Crippen LogP contribution in [0.4, 0.5) is 0 Å². The van der Waals surface area contributed by atoms with Crippen molar-refractivity contribution in [3.63, 3.8) is 0 Å². The monoisotopic (exact) mass is 666 g/mol. The molecule has 0 aliphatic carbocycles. The lowest BCUT2D eigenvalue weighted by atomic mass is 10.0. The van der Waals surface area contributed by atoms with Gasteiger partial charge in [-0.05, 0) is 49.9 Å². The minimum absolute atomic E-state index is 0.196. The normalized spacial score (nSPS) is 12.1. The second-order valence-electron chi connectivity index (χ2n) is 12.4. The molecule has 2 N–H and O–H groups in total. The van der Waals surface area contributed by atoms with Gasteiger partial charge < -0.3 is 4.74 Å². The molecule has 0 saturated heterocycles. The maximum absolute atomic E-state index is 12.3. The molecule has 0 heterocycles. The Bertz CT molecular complexity index is 1220. The topological polar surface area (TPSA) is 118 Å². The smallest absolute Gasteiger partial charge is 0.294 e. The minimum atomic E-state index is -4.50. The van der Waals surface area contributed by atoms with E-state index in [2.05, 4.69) is 13.8 Å². The van der Waals surface area contributed by atoms with Crippen LogP contribution in [0.5, 0.6) is 11.5 Å². The largest absolute Gasteiger partial charge is 0.457 e. The summed E-state index contributed by atoms with van der Waals surface area (Å²) in [7, 11) is -9.00. The maximum atomic E-state index is 12.3. The van der Waals surface area contributed by atoms with Crippen molar-refractivity contribution in [1.29, 1.82) is 0 Å². The summed E-state index contributed by atoms with van der Waals surface area (Å²) < 4.78 is 75.4. The Morgan fingerprint density at radius 1 is 0.467 bits per heavy atom. The highest BCUT2D eigenvalue weighted by Gasteiger charge is 2.23. The minimum Gasteiger partial charge on any atom is -0.457 e. The fourth-order valence-corrected chi connectivity index (χ4v) is 7.48. The van der Waals surface area contributed by atoms with E-state index < -0.39 is 20.2 Å². The van der Waals surface area contributed by atoms with Crippen LogP contribution in [0.1, 0.15) is 153 Å². The second kappa shape index (κ2) is 21.8. The lowest BCUT2D eigenvalue weighted by Gasteiger charge is -2.18. The van der Waals surface area contributed by atoms with Crippen LogP contribution in [0, 0.1) is 0 Å². The highest BCUT2D eigenvalue weighted by atomic mass is 32.2. The molecular weight excluding hydrogens is 609 g/mol. The molecule has 2 aromatic rings. The molecule has 7 nitrogen and oxygen atoms in total. The number of hydrogen-bond donors (Lipinski definition) is 2. The Balaban J connectivity index is 2.10. The molecule has 0 bridgehead atoms. The molecule has 45 heavy (non-hydrogen) atoms. The zero-order valence-corrected chi connectivity index (χ0v) is 29.4. The van der Waals surface area contributed by atoms with Gasteiger partial charge in [-0.2, -0.15) is 16.8 Å². The number of hydrogen-bond acceptors (Lipinski definition) is 5. The molecule has 0 unspecified atom stereocenters. The van der Waals surface area contributed by atoms with Crippen molar-refractivity contribution >= 4 is 20.2 Å². The van der Waals surface area contributed by atoms with Gasteiger partial charge in [-0.1, -0.05) is 142 Å². The van der Waals surface area contributed by atoms with Gasteiger partial charge in [-0.3, -0.25) is 9.11 Å². The van der Waals surface area contributed by atoms with Crippen molar-refractivity contribution < 1.29 is 30.7 Å². The lowest BCUT2D eigenvalue weighted by Crippen LogP contribution is -2.08. The van der Waals surface area contributed by atoms with Gasteiger partial charge in [0.2, 0.25) is 0 Å². The van der Waals surface area contributed by atoms with E-state index in [4.69, 9.17) is 4.74 Å². The Labute approximate surface area is 274 Å². The van der Waals surface area contributed by atoms with E-state index >= 15 is 0 Å². The SMILES string of the molecule is CCCCCCCCCCCCc1c(Oc2cccc(S(=O)(=O)O)c2CCCCCCCCCCCC)cccc1S(=O)(=O)O. The van der Waals surface area contributed by atoms with Gasteiger partial charge in [0.25, 0.3) is 20.2 Å². The predicted octanol–water partition coefficient (Wildman–Crippen LogP) is 10.9. The van der Waals surface area contributed by atoms with Crippen molar-refractivity contribution in [3.8, 4) is 11.5 Å². The molecule has 0 fully saturated rings. The summed E-state index contributed by atoms with van der Waals surface area (Å²) >= 11 is 0. The van der Waals surface area contributed by atoms with Crippen molar-refractivity contribution in [1.82, 2.24) is 0 Å². The molecule has 256 valence electrons. The third kappa shape index (κ3) is 15.5. The van der Waals surface area contributed by atoms with Gasteiger partial charge in [-0.15, -0.1) is 0 Å². The predicted molar refractivity (Wildman–Crippen MR) is 184 cm³/mol. The first-order chi connectivity index (χ1) is 21.6. The standard InChI is InChI=1S/C36H58O7S2/c1-3-5-7-9-11-13-15-17-19-21-25-31-33(27-23-29-35(31)44(37,38)39)43-34-28-24-30-36(45(40,41)42)32(34)26-22-20-18-16-14-12-10-8-6-4-2/h23-24,27-30H,3-22,25-26H2,1-2H3,(H,37,38,39)(H,40,41,42). The van der Waals surface area contributed by atoms with E-state index in [0.717, 1.165) is 51.4 Å². The van der Waals surface area contributed by atoms with Gasteiger partial charge in [0.15, 0.2) is 0 Å². The molecule has 0 aliphatic rings. The molecule has 0 spiro atoms. The van der Waals surface area contributed by atoms with Crippen molar-refractivity contribution in [2.45, 2.75) is 165 Å². The molecule has 0 aromatic heterocycles. The molecule has 0 atom stereocenters. The molecule has 2 aromatic carbocycles. The third-order valence-electron chi connectivity index (χ3n) is 8.52. The van der Waals surface area contributed by atoms with Crippen molar-refractivity contribution in [2.75, 3.05) is 0 Å². The Kier molecular flexibility index (Phi) is 19.0. The highest BCUT2D eigenvalue weighted by Crippen LogP contribution is 2.36. The van der Waals surface area contributed by atoms with Gasteiger partial charge in [0, 0.05) is 11.1 Å². The Morgan fingerprint density at radius 3 is 1.04 bits per heavy atom. The van der Waals surface area contributed by atoms with Crippen LogP contribution >= 0.6 is 0 Å². The van der Waals surface area contributed by atoms with Crippen LogP contribution < -0.4 is 4.74 Å². The zero-order valence-electron chi connectivity index (χ0n) is 27.8. The summed E-state index contributed by atoms with van der Waals surface area (Å²) in [6, 6.07) is 9.04. The number of unbranched alkanes of at least 4 members (excludes halogenated alkanes) is 18. The van der Waals surface area contributed by atoms with Crippen LogP contribution in [-0.2, 0) is 33.1 Å². The first kappa shape index (κ1) is 39.2. The van der Waals surface area contributed by atoms with Crippen LogP contribution in [-0.4, -0.2) is 25.9 Å². The molecule has 0 saturated carbocycles. The van der Waals surface area contributed by atoms with Gasteiger partial charge in [0.05, 0.1) is 0 Å². The quantitative estimate of drug-likeness (QED) is 0.0757. The average molecular weight is 667 g/mol. The molecule has 2 rings (SSSR count). The first-order valence-electron chi connectivity index (χ1n) is 17.5. The number of ether oxygens (including phenoxy) is 1. The first-order valence-corrected chi connectivity index (χ1v) is 20.3. The van der Waals surface area contributed by atoms with E-state index in [0.29, 0.717) is 24.0 Å². The summed E-state index contributed by atoms with van der Waals surface area (Å²) in [6.07, 6.45) is 23.6. The van der Waals surface area contributed by atoms with Crippen LogP contribution in [0.3, 0.4) is 0 Å². The van der Waals surface area contributed by atoms with Gasteiger partial charge >= 0.3 is 0 Å². The fourth-order valence-electron chi connectivity index (χ4n) is 5.96. The van der Waals surface area contributed by atoms with Crippen LogP contribution in [0.15, 0.2) is 46.2 Å². The summed E-state index contributed by atoms with van der Waals surface area (Å²) in [5.74, 6) is 0.524. The summed E-state index contributed by atoms with van der Waals surface area (Å²) in [4.78, 5) is -0.392. The summed E-state index contributed by atoms with van der Waals surface area (Å²) in [5, 5.41) is 0. The van der Waals surface area contributed by atoms with E-state index in [9.17, 15) is 25.9 Å². The van der Waals surface area contributed by atoms with E-state index in [1.165, 1.54) is 101 Å². The van der Waals surface area contributed by atoms with E-state index in [-0.39, 0.29) is 21.3 Å². The highest BCUT2D eigenvalue weighted by molar-refractivity contribution is 7.86. The zero-order chi connectivity index (χ0) is 33.0. The van der Waals surface area contributed by atoms with Crippen molar-refractivity contribution in [3.05, 3.63) is 47.5 Å². The molecule has 9 heteroatoms.